The average molecular weight is 270 g/mol. The SMILES string of the molecule is CN(Cc1ccccc1)C(CN)Cc1ccccc1O. The Morgan fingerprint density at radius 3 is 2.35 bits per heavy atom. The van der Waals surface area contributed by atoms with Crippen molar-refractivity contribution in [1.82, 2.24) is 4.90 Å². The van der Waals surface area contributed by atoms with Crippen LogP contribution in [0.15, 0.2) is 54.6 Å². The van der Waals surface area contributed by atoms with E-state index in [1.165, 1.54) is 5.56 Å². The molecule has 0 saturated carbocycles. The standard InChI is InChI=1S/C17H22N2O/c1-19(13-14-7-3-2-4-8-14)16(12-18)11-15-9-5-6-10-17(15)20/h2-10,16,20H,11-13,18H2,1H3. The van der Waals surface area contributed by atoms with Crippen LogP contribution in [0.2, 0.25) is 0 Å². The molecular formula is C17H22N2O. The van der Waals surface area contributed by atoms with Gasteiger partial charge in [0.15, 0.2) is 0 Å². The van der Waals surface area contributed by atoms with Gasteiger partial charge in [0.25, 0.3) is 0 Å². The third-order valence-corrected chi connectivity index (χ3v) is 3.62. The fraction of sp³-hybridized carbons (Fsp3) is 0.294. The Bertz CT molecular complexity index is 528. The molecule has 0 aromatic heterocycles. The highest BCUT2D eigenvalue weighted by Gasteiger charge is 2.15. The van der Waals surface area contributed by atoms with E-state index in [0.29, 0.717) is 12.3 Å². The summed E-state index contributed by atoms with van der Waals surface area (Å²) in [7, 11) is 2.07. The number of phenols is 1. The van der Waals surface area contributed by atoms with E-state index in [1.54, 1.807) is 6.07 Å². The Balaban J connectivity index is 2.03. The number of likely N-dealkylation sites (N-methyl/N-ethyl adjacent to an activating group) is 1. The van der Waals surface area contributed by atoms with E-state index in [2.05, 4.69) is 24.1 Å². The largest absolute Gasteiger partial charge is 0.508 e. The zero-order chi connectivity index (χ0) is 14.4. The van der Waals surface area contributed by atoms with E-state index in [4.69, 9.17) is 5.73 Å². The molecule has 3 N–H and O–H groups in total. The number of aromatic hydroxyl groups is 1. The van der Waals surface area contributed by atoms with Gasteiger partial charge in [0.05, 0.1) is 0 Å². The summed E-state index contributed by atoms with van der Waals surface area (Å²) in [6.45, 7) is 1.42. The maximum Gasteiger partial charge on any atom is 0.118 e. The van der Waals surface area contributed by atoms with Crippen molar-refractivity contribution >= 4 is 0 Å². The number of nitrogens with zero attached hydrogens (tertiary/aromatic N) is 1. The van der Waals surface area contributed by atoms with Crippen LogP contribution in [0.5, 0.6) is 5.75 Å². The van der Waals surface area contributed by atoms with Crippen molar-refractivity contribution in [1.29, 1.82) is 0 Å². The van der Waals surface area contributed by atoms with Gasteiger partial charge >= 0.3 is 0 Å². The molecule has 0 radical (unpaired) electrons. The smallest absolute Gasteiger partial charge is 0.118 e. The highest BCUT2D eigenvalue weighted by atomic mass is 16.3. The van der Waals surface area contributed by atoms with Gasteiger partial charge in [0, 0.05) is 19.1 Å². The highest BCUT2D eigenvalue weighted by Crippen LogP contribution is 2.19. The van der Waals surface area contributed by atoms with Gasteiger partial charge in [-0.05, 0) is 30.7 Å². The normalized spacial score (nSPS) is 12.6. The Kier molecular flexibility index (Phi) is 5.16. The molecule has 0 aliphatic heterocycles. The van der Waals surface area contributed by atoms with Gasteiger partial charge in [0.2, 0.25) is 0 Å². The third-order valence-electron chi connectivity index (χ3n) is 3.62. The molecule has 0 aliphatic rings. The van der Waals surface area contributed by atoms with Gasteiger partial charge in [-0.2, -0.15) is 0 Å². The van der Waals surface area contributed by atoms with Crippen LogP contribution >= 0.6 is 0 Å². The summed E-state index contributed by atoms with van der Waals surface area (Å²) in [5.41, 5.74) is 8.12. The van der Waals surface area contributed by atoms with Crippen LogP contribution in [0.4, 0.5) is 0 Å². The highest BCUT2D eigenvalue weighted by molar-refractivity contribution is 5.32. The summed E-state index contributed by atoms with van der Waals surface area (Å²) < 4.78 is 0. The number of rotatable bonds is 6. The summed E-state index contributed by atoms with van der Waals surface area (Å²) >= 11 is 0. The minimum Gasteiger partial charge on any atom is -0.508 e. The molecule has 3 heteroatoms. The monoisotopic (exact) mass is 270 g/mol. The summed E-state index contributed by atoms with van der Waals surface area (Å²) in [6.07, 6.45) is 0.756. The van der Waals surface area contributed by atoms with Crippen molar-refractivity contribution in [3.8, 4) is 5.75 Å². The van der Waals surface area contributed by atoms with Crippen LogP contribution < -0.4 is 5.73 Å². The molecule has 1 unspecified atom stereocenters. The van der Waals surface area contributed by atoms with Crippen LogP contribution in [0, 0.1) is 0 Å². The number of nitrogens with two attached hydrogens (primary N) is 1. The number of hydrogen-bond acceptors (Lipinski definition) is 3. The summed E-state index contributed by atoms with van der Waals surface area (Å²) in [6, 6.07) is 18.0. The topological polar surface area (TPSA) is 49.5 Å². The molecule has 0 heterocycles. The summed E-state index contributed by atoms with van der Waals surface area (Å²) in [5, 5.41) is 9.87. The fourth-order valence-electron chi connectivity index (χ4n) is 2.36. The Labute approximate surface area is 120 Å². The van der Waals surface area contributed by atoms with E-state index in [-0.39, 0.29) is 6.04 Å². The molecule has 0 spiro atoms. The van der Waals surface area contributed by atoms with Crippen molar-refractivity contribution in [2.75, 3.05) is 13.6 Å². The predicted octanol–water partition coefficient (Wildman–Crippen LogP) is 2.39. The van der Waals surface area contributed by atoms with E-state index in [0.717, 1.165) is 18.5 Å². The predicted molar refractivity (Wildman–Crippen MR) is 82.6 cm³/mol. The molecule has 2 aromatic carbocycles. The van der Waals surface area contributed by atoms with Gasteiger partial charge in [0.1, 0.15) is 5.75 Å². The minimum absolute atomic E-state index is 0.212. The molecule has 1 atom stereocenters. The van der Waals surface area contributed by atoms with Crippen LogP contribution in [0.25, 0.3) is 0 Å². The van der Waals surface area contributed by atoms with E-state index < -0.39 is 0 Å². The first-order valence-electron chi connectivity index (χ1n) is 6.92. The maximum atomic E-state index is 9.87. The number of para-hydroxylation sites is 1. The fourth-order valence-corrected chi connectivity index (χ4v) is 2.36. The minimum atomic E-state index is 0.212. The number of hydrogen-bond donors (Lipinski definition) is 2. The van der Waals surface area contributed by atoms with Gasteiger partial charge in [-0.3, -0.25) is 4.90 Å². The molecule has 0 bridgehead atoms. The molecule has 2 rings (SSSR count). The zero-order valence-corrected chi connectivity index (χ0v) is 11.9. The lowest BCUT2D eigenvalue weighted by Crippen LogP contribution is -2.39. The first-order valence-corrected chi connectivity index (χ1v) is 6.92. The molecule has 2 aromatic rings. The summed E-state index contributed by atoms with van der Waals surface area (Å²) in [5.74, 6) is 0.346. The molecular weight excluding hydrogens is 248 g/mol. The first-order chi connectivity index (χ1) is 9.70. The van der Waals surface area contributed by atoms with Crippen molar-refractivity contribution in [2.24, 2.45) is 5.73 Å². The maximum absolute atomic E-state index is 9.87. The van der Waals surface area contributed by atoms with Crippen molar-refractivity contribution in [3.63, 3.8) is 0 Å². The lowest BCUT2D eigenvalue weighted by molar-refractivity contribution is 0.236. The Morgan fingerprint density at radius 2 is 1.70 bits per heavy atom. The Morgan fingerprint density at radius 1 is 1.05 bits per heavy atom. The zero-order valence-electron chi connectivity index (χ0n) is 11.9. The van der Waals surface area contributed by atoms with E-state index in [1.807, 2.05) is 36.4 Å². The van der Waals surface area contributed by atoms with Crippen molar-refractivity contribution < 1.29 is 5.11 Å². The second-order valence-electron chi connectivity index (χ2n) is 5.12. The first kappa shape index (κ1) is 14.6. The number of phenolic OH excluding ortho intramolecular Hbond substituents is 1. The van der Waals surface area contributed by atoms with Crippen LogP contribution in [0.1, 0.15) is 11.1 Å². The molecule has 20 heavy (non-hydrogen) atoms. The quantitative estimate of drug-likeness (QED) is 0.847. The van der Waals surface area contributed by atoms with Gasteiger partial charge in [-0.15, -0.1) is 0 Å². The van der Waals surface area contributed by atoms with E-state index >= 15 is 0 Å². The van der Waals surface area contributed by atoms with Crippen LogP contribution in [-0.2, 0) is 13.0 Å². The van der Waals surface area contributed by atoms with Gasteiger partial charge < -0.3 is 10.8 Å². The van der Waals surface area contributed by atoms with Gasteiger partial charge in [-0.1, -0.05) is 48.5 Å². The van der Waals surface area contributed by atoms with Crippen molar-refractivity contribution in [2.45, 2.75) is 19.0 Å². The van der Waals surface area contributed by atoms with Crippen LogP contribution in [-0.4, -0.2) is 29.6 Å². The molecule has 3 nitrogen and oxygen atoms in total. The lowest BCUT2D eigenvalue weighted by Gasteiger charge is -2.27. The second kappa shape index (κ2) is 7.08. The molecule has 0 amide bonds. The summed E-state index contributed by atoms with van der Waals surface area (Å²) in [4.78, 5) is 2.24. The lowest BCUT2D eigenvalue weighted by atomic mass is 10.0. The molecule has 0 aliphatic carbocycles. The van der Waals surface area contributed by atoms with E-state index in [9.17, 15) is 5.11 Å². The average Bonchev–Trinajstić information content (AvgIpc) is 2.47. The second-order valence-corrected chi connectivity index (χ2v) is 5.12. The Hall–Kier alpha value is -1.84. The molecule has 0 saturated heterocycles. The number of benzene rings is 2. The van der Waals surface area contributed by atoms with Gasteiger partial charge in [-0.25, -0.2) is 0 Å². The molecule has 0 fully saturated rings. The molecule has 106 valence electrons. The van der Waals surface area contributed by atoms with Crippen molar-refractivity contribution in [3.05, 3.63) is 65.7 Å². The third kappa shape index (κ3) is 3.83. The van der Waals surface area contributed by atoms with Crippen LogP contribution in [0.3, 0.4) is 0 Å².